The van der Waals surface area contributed by atoms with E-state index in [1.807, 2.05) is 0 Å². The highest BCUT2D eigenvalue weighted by molar-refractivity contribution is 8.44. The maximum absolute atomic E-state index is 16.4. The molecule has 3 saturated heterocycles. The van der Waals surface area contributed by atoms with Gasteiger partial charge < -0.3 is 29.4 Å². The van der Waals surface area contributed by atoms with Gasteiger partial charge in [-0.2, -0.15) is 15.0 Å². The number of rotatable bonds is 6. The Bertz CT molecular complexity index is 2610. The molecule has 1 aromatic carbocycles. The number of aromatic nitrogens is 8. The van der Waals surface area contributed by atoms with Crippen molar-refractivity contribution in [3.63, 3.8) is 0 Å². The van der Waals surface area contributed by atoms with Gasteiger partial charge in [0.2, 0.25) is 17.1 Å². The van der Waals surface area contributed by atoms with E-state index in [9.17, 15) is 23.8 Å². The maximum atomic E-state index is 16.4. The van der Waals surface area contributed by atoms with Crippen LogP contribution in [-0.2, 0) is 53.5 Å². The minimum Gasteiger partial charge on any atom is -0.451 e. The van der Waals surface area contributed by atoms with Crippen LogP contribution in [0, 0.1) is 5.92 Å². The summed E-state index contributed by atoms with van der Waals surface area (Å²) < 4.78 is 74.1. The number of anilines is 2. The molecule has 314 valence electrons. The Morgan fingerprint density at radius 3 is 2.41 bits per heavy atom. The first-order valence-corrected chi connectivity index (χ1v) is 23.1. The fourth-order valence-corrected chi connectivity index (χ4v) is 9.59. The summed E-state index contributed by atoms with van der Waals surface area (Å²) in [5, 5.41) is 2.26. The Morgan fingerprint density at radius 2 is 1.68 bits per heavy atom. The Kier molecular flexibility index (Phi) is 11.4. The number of nitrogens with one attached hydrogen (secondary N) is 2. The summed E-state index contributed by atoms with van der Waals surface area (Å²) in [6.07, 6.45) is -10.5. The summed E-state index contributed by atoms with van der Waals surface area (Å²) in [5.74, 6) is -2.11. The average molecular weight is 917 g/mol. The van der Waals surface area contributed by atoms with Gasteiger partial charge in [0.05, 0.1) is 31.4 Å². The fraction of sp³-hybridized carbons (Fsp3) is 0.419. The molecule has 0 spiro atoms. The number of nitrogens with two attached hydrogens (primary N) is 1. The van der Waals surface area contributed by atoms with Crippen molar-refractivity contribution in [3.05, 3.63) is 64.2 Å². The molecular formula is C31H32ClFN10O12P2S2. The monoisotopic (exact) mass is 916 g/mol. The van der Waals surface area contributed by atoms with Crippen LogP contribution in [0.2, 0.25) is 5.28 Å². The number of carbonyl (C=O) groups excluding carboxylic acids is 2. The second-order valence-corrected chi connectivity index (χ2v) is 19.6. The molecule has 3 aliphatic heterocycles. The predicted octanol–water partition coefficient (Wildman–Crippen LogP) is 3.22. The molecule has 10 atom stereocenters. The Labute approximate surface area is 346 Å². The molecule has 5 N–H and O–H groups in total. The third kappa shape index (κ3) is 8.39. The van der Waals surface area contributed by atoms with E-state index in [0.717, 1.165) is 6.33 Å². The van der Waals surface area contributed by atoms with Gasteiger partial charge in [-0.3, -0.25) is 42.6 Å². The average Bonchev–Trinajstić information content (AvgIpc) is 3.94. The summed E-state index contributed by atoms with van der Waals surface area (Å²) >= 11 is 15.5. The van der Waals surface area contributed by atoms with Crippen LogP contribution in [0.4, 0.5) is 16.2 Å². The molecule has 59 heavy (non-hydrogen) atoms. The van der Waals surface area contributed by atoms with Gasteiger partial charge in [0.1, 0.15) is 29.9 Å². The van der Waals surface area contributed by atoms with Gasteiger partial charge in [-0.15, -0.1) is 0 Å². The summed E-state index contributed by atoms with van der Waals surface area (Å²) in [6, 6.07) is 7.82. The molecule has 3 fully saturated rings. The van der Waals surface area contributed by atoms with E-state index in [0.29, 0.717) is 0 Å². The van der Waals surface area contributed by atoms with Crippen molar-refractivity contribution in [1.29, 1.82) is 0 Å². The number of H-pyrrole nitrogens is 1. The number of carbonyl (C=O) groups is 2. The molecule has 28 heteroatoms. The molecule has 0 bridgehead atoms. The zero-order chi connectivity index (χ0) is 42.0. The van der Waals surface area contributed by atoms with Crippen molar-refractivity contribution in [3.8, 4) is 0 Å². The lowest BCUT2D eigenvalue weighted by atomic mass is 10.1. The van der Waals surface area contributed by atoms with Gasteiger partial charge in [0, 0.05) is 5.92 Å². The SMILES string of the molecule is CC(C)C(=O)Nc1nc2c(ncn2[C@@H]2O[C@@H]3COP(O)(=S)OC4[C@@H](F)[C@H](n5cnc6c(N)nc(Cl)nc65)O[C@@H]4COP(=O)(S)OC3[C@@H]2OC(=O)c2ccccc2)c(=O)[nH]1. The molecule has 0 radical (unpaired) electrons. The quantitative estimate of drug-likeness (QED) is 0.0707. The van der Waals surface area contributed by atoms with Crippen LogP contribution in [0.1, 0.15) is 36.7 Å². The molecule has 22 nitrogen and oxygen atoms in total. The van der Waals surface area contributed by atoms with Crippen LogP contribution < -0.4 is 16.6 Å². The number of hydrogen-bond acceptors (Lipinski definition) is 18. The smallest absolute Gasteiger partial charge is 0.386 e. The number of nitrogen functional groups attached to an aromatic ring is 1. The molecule has 3 aliphatic rings. The molecule has 5 aromatic rings. The lowest BCUT2D eigenvalue weighted by Gasteiger charge is -2.30. The zero-order valence-corrected chi connectivity index (χ0v) is 34.6. The van der Waals surface area contributed by atoms with Crippen LogP contribution in [0.25, 0.3) is 22.3 Å². The summed E-state index contributed by atoms with van der Waals surface area (Å²) in [6.45, 7) is -7.14. The molecule has 0 saturated carbocycles. The van der Waals surface area contributed by atoms with Crippen molar-refractivity contribution in [2.24, 2.45) is 5.92 Å². The van der Waals surface area contributed by atoms with Gasteiger partial charge in [-0.1, -0.05) is 44.3 Å². The van der Waals surface area contributed by atoms with E-state index in [4.69, 9.17) is 61.4 Å². The van der Waals surface area contributed by atoms with Gasteiger partial charge >= 0.3 is 19.5 Å². The van der Waals surface area contributed by atoms with Gasteiger partial charge in [-0.25, -0.2) is 23.7 Å². The van der Waals surface area contributed by atoms with Crippen molar-refractivity contribution >= 4 is 95.1 Å². The lowest BCUT2D eigenvalue weighted by Crippen LogP contribution is -2.40. The van der Waals surface area contributed by atoms with E-state index >= 15 is 4.39 Å². The molecule has 4 unspecified atom stereocenters. The van der Waals surface area contributed by atoms with Crippen LogP contribution in [0.5, 0.6) is 0 Å². The molecular weight excluding hydrogens is 885 g/mol. The van der Waals surface area contributed by atoms with Crippen LogP contribution in [-0.4, -0.2) is 106 Å². The van der Waals surface area contributed by atoms with Gasteiger partial charge in [0.15, 0.2) is 47.4 Å². The predicted molar refractivity (Wildman–Crippen MR) is 209 cm³/mol. The van der Waals surface area contributed by atoms with Crippen molar-refractivity contribution in [2.45, 2.75) is 63.0 Å². The van der Waals surface area contributed by atoms with E-state index in [2.05, 4.69) is 47.5 Å². The number of nitrogens with zero attached hydrogens (tertiary/aromatic N) is 7. The highest BCUT2D eigenvalue weighted by Gasteiger charge is 2.55. The summed E-state index contributed by atoms with van der Waals surface area (Å²) in [4.78, 5) is 73.5. The number of imidazole rings is 2. The van der Waals surface area contributed by atoms with E-state index < -0.39 is 99.2 Å². The summed E-state index contributed by atoms with van der Waals surface area (Å²) in [7, 11) is 0. The van der Waals surface area contributed by atoms with Crippen molar-refractivity contribution in [2.75, 3.05) is 24.3 Å². The van der Waals surface area contributed by atoms with Crippen LogP contribution in [0.15, 0.2) is 47.8 Å². The number of esters is 1. The van der Waals surface area contributed by atoms with E-state index in [-0.39, 0.29) is 44.9 Å². The number of thiol groups is 1. The first-order chi connectivity index (χ1) is 28.0. The third-order valence-corrected chi connectivity index (χ3v) is 12.6. The lowest BCUT2D eigenvalue weighted by molar-refractivity contribution is -0.118. The number of alkyl halides is 1. The topological polar surface area (TPSA) is 281 Å². The number of amides is 1. The second kappa shape index (κ2) is 16.1. The maximum Gasteiger partial charge on any atom is 0.386 e. The zero-order valence-electron chi connectivity index (χ0n) is 30.3. The number of ether oxygens (including phenoxy) is 3. The Morgan fingerprint density at radius 1 is 1.03 bits per heavy atom. The second-order valence-electron chi connectivity index (χ2n) is 13.6. The number of benzene rings is 1. The fourth-order valence-electron chi connectivity index (χ4n) is 6.50. The molecule has 7 heterocycles. The molecule has 4 aromatic heterocycles. The highest BCUT2D eigenvalue weighted by atomic mass is 35.5. The summed E-state index contributed by atoms with van der Waals surface area (Å²) in [5.41, 5.74) is 5.07. The van der Waals surface area contributed by atoms with E-state index in [1.165, 1.54) is 27.6 Å². The Balaban J connectivity index is 1.14. The van der Waals surface area contributed by atoms with Crippen molar-refractivity contribution in [1.82, 2.24) is 39.0 Å². The van der Waals surface area contributed by atoms with Gasteiger partial charge in [-0.05, 0) is 35.5 Å². The molecule has 0 aliphatic carbocycles. The number of hydrogen-bond donors (Lipinski definition) is 5. The number of fused-ring (bicyclic) bond motifs is 4. The van der Waals surface area contributed by atoms with Gasteiger partial charge in [0.25, 0.3) is 5.56 Å². The van der Waals surface area contributed by atoms with Crippen molar-refractivity contribution < 1.29 is 55.7 Å². The Hall–Kier alpha value is -3.97. The first kappa shape index (κ1) is 41.8. The number of halogens is 2. The van der Waals surface area contributed by atoms with Crippen LogP contribution >= 0.6 is 37.4 Å². The molecule has 8 rings (SSSR count). The first-order valence-electron chi connectivity index (χ1n) is 17.4. The van der Waals surface area contributed by atoms with Crippen LogP contribution in [0.3, 0.4) is 0 Å². The minimum absolute atomic E-state index is 0.00824. The van der Waals surface area contributed by atoms with E-state index in [1.54, 1.807) is 32.0 Å². The number of aromatic amines is 1. The minimum atomic E-state index is -4.57. The largest absolute Gasteiger partial charge is 0.451 e. The highest BCUT2D eigenvalue weighted by Crippen LogP contribution is 2.58. The third-order valence-electron chi connectivity index (χ3n) is 9.29. The normalized spacial score (nSPS) is 31.4. The molecule has 1 amide bonds. The standard InChI is InChI=1S/C31H32ClFN10O12P2S2/c1-12(2)25(44)40-31-39-24-18(26(45)41-31)36-11-43(24)28-21(53-29(46)13-6-4-3-5-7-13)20-15(52-28)9-50-56(47,58)54-19-14(8-49-57(48,59)55-20)51-27(16(19)33)42-10-35-17-22(34)37-30(32)38-23(17)42/h3-7,10-12,14-16,19-21,27-28H,8-9H2,1-2H3,(H,47,58)(H,48,59)(H2,34,37,38)(H2,39,40,41,44,45)/t14-,15-,16-,19?,20?,21+,27-,28-,56?,57?/m1/s1.